The van der Waals surface area contributed by atoms with Crippen LogP contribution in [0.1, 0.15) is 0 Å². The minimum absolute atomic E-state index is 0.771. The third kappa shape index (κ3) is 5.25. The molecule has 0 radical (unpaired) electrons. The first-order valence-corrected chi connectivity index (χ1v) is 23.8. The van der Waals surface area contributed by atoms with Crippen LogP contribution in [0.25, 0.3) is 165 Å². The van der Waals surface area contributed by atoms with Gasteiger partial charge in [0.1, 0.15) is 44.7 Å². The van der Waals surface area contributed by atoms with E-state index in [1.54, 1.807) is 0 Å². The van der Waals surface area contributed by atoms with Crippen LogP contribution in [0.2, 0.25) is 0 Å². The van der Waals surface area contributed by atoms with E-state index in [4.69, 9.17) is 17.7 Å². The fourth-order valence-electron chi connectivity index (χ4n) is 11.7. The Labute approximate surface area is 398 Å². The lowest BCUT2D eigenvalue weighted by atomic mass is 9.84. The highest BCUT2D eigenvalue weighted by molar-refractivity contribution is 6.27. The van der Waals surface area contributed by atoms with Gasteiger partial charge in [-0.1, -0.05) is 158 Å². The second kappa shape index (κ2) is 14.1. The summed E-state index contributed by atoms with van der Waals surface area (Å²) >= 11 is 0. The van der Waals surface area contributed by atoms with E-state index in [1.807, 2.05) is 36.4 Å². The lowest BCUT2D eigenvalue weighted by Crippen LogP contribution is -1.93. The fraction of sp³-hybridized carbons (Fsp3) is 0. The molecular weight excluding hydrogens is 857 g/mol. The van der Waals surface area contributed by atoms with Gasteiger partial charge in [-0.2, -0.15) is 0 Å². The van der Waals surface area contributed by atoms with E-state index < -0.39 is 0 Å². The van der Waals surface area contributed by atoms with Crippen molar-refractivity contribution in [2.45, 2.75) is 0 Å². The van der Waals surface area contributed by atoms with Gasteiger partial charge in [0.25, 0.3) is 0 Å². The van der Waals surface area contributed by atoms with Crippen molar-refractivity contribution in [2.24, 2.45) is 0 Å². The summed E-state index contributed by atoms with van der Waals surface area (Å²) in [6.07, 6.45) is 0. The summed E-state index contributed by atoms with van der Waals surface area (Å²) in [6.45, 7) is 0. The monoisotopic (exact) mass is 892 g/mol. The van der Waals surface area contributed by atoms with Crippen LogP contribution in [0, 0.1) is 0 Å². The van der Waals surface area contributed by atoms with Crippen molar-refractivity contribution in [1.29, 1.82) is 0 Å². The molecule has 4 heterocycles. The average Bonchev–Trinajstić information content (AvgIpc) is 4.19. The Morgan fingerprint density at radius 3 is 1.19 bits per heavy atom. The van der Waals surface area contributed by atoms with E-state index >= 15 is 0 Å². The maximum atomic E-state index is 6.99. The van der Waals surface area contributed by atoms with Gasteiger partial charge in [-0.15, -0.1) is 0 Å². The molecule has 0 aliphatic rings. The summed E-state index contributed by atoms with van der Waals surface area (Å²) in [5, 5.41) is 15.4. The number of para-hydroxylation sites is 4. The molecule has 0 atom stereocenters. The third-order valence-electron chi connectivity index (χ3n) is 14.8. The Balaban J connectivity index is 1.08. The van der Waals surface area contributed by atoms with E-state index in [9.17, 15) is 0 Å². The predicted octanol–water partition coefficient (Wildman–Crippen LogP) is 19.4. The predicted molar refractivity (Wildman–Crippen MR) is 290 cm³/mol. The van der Waals surface area contributed by atoms with Crippen molar-refractivity contribution in [3.8, 4) is 44.5 Å². The molecule has 4 heteroatoms. The van der Waals surface area contributed by atoms with Crippen LogP contribution in [0.3, 0.4) is 0 Å². The molecule has 0 aliphatic heterocycles. The largest absolute Gasteiger partial charge is 0.455 e. The maximum absolute atomic E-state index is 6.99. The molecule has 0 unspecified atom stereocenters. The maximum Gasteiger partial charge on any atom is 0.147 e. The highest BCUT2D eigenvalue weighted by atomic mass is 16.4. The molecule has 16 aromatic rings. The Morgan fingerprint density at radius 2 is 0.614 bits per heavy atom. The zero-order chi connectivity index (χ0) is 45.6. The van der Waals surface area contributed by atoms with Crippen LogP contribution >= 0.6 is 0 Å². The van der Waals surface area contributed by atoms with Gasteiger partial charge in [0.15, 0.2) is 0 Å². The summed E-state index contributed by atoms with van der Waals surface area (Å²) < 4.78 is 27.7. The molecule has 16 rings (SSSR count). The smallest absolute Gasteiger partial charge is 0.147 e. The van der Waals surface area contributed by atoms with Crippen molar-refractivity contribution >= 4 is 120 Å². The molecule has 0 saturated heterocycles. The fourth-order valence-corrected chi connectivity index (χ4v) is 11.7. The highest BCUT2D eigenvalue weighted by Gasteiger charge is 2.26. The second-order valence-corrected chi connectivity index (χ2v) is 18.6. The van der Waals surface area contributed by atoms with Crippen LogP contribution in [0.4, 0.5) is 0 Å². The number of furan rings is 4. The Morgan fingerprint density at radius 1 is 0.214 bits per heavy atom. The second-order valence-electron chi connectivity index (χ2n) is 18.6. The van der Waals surface area contributed by atoms with Crippen molar-refractivity contribution in [2.75, 3.05) is 0 Å². The topological polar surface area (TPSA) is 52.6 Å². The van der Waals surface area contributed by atoms with Gasteiger partial charge in [-0.05, 0) is 126 Å². The Bertz CT molecular complexity index is 4750. The molecule has 0 saturated carbocycles. The van der Waals surface area contributed by atoms with E-state index in [1.165, 1.54) is 32.7 Å². The van der Waals surface area contributed by atoms with Crippen molar-refractivity contribution in [3.63, 3.8) is 0 Å². The summed E-state index contributed by atoms with van der Waals surface area (Å²) in [7, 11) is 0. The Hall–Kier alpha value is -9.38. The van der Waals surface area contributed by atoms with Gasteiger partial charge in [-0.25, -0.2) is 0 Å². The lowest BCUT2D eigenvalue weighted by Gasteiger charge is -2.19. The molecule has 0 spiro atoms. The van der Waals surface area contributed by atoms with Gasteiger partial charge in [-0.3, -0.25) is 0 Å². The van der Waals surface area contributed by atoms with E-state index in [-0.39, 0.29) is 0 Å². The van der Waals surface area contributed by atoms with E-state index in [2.05, 4.69) is 182 Å². The molecule has 4 aromatic heterocycles. The van der Waals surface area contributed by atoms with Gasteiger partial charge >= 0.3 is 0 Å². The van der Waals surface area contributed by atoms with Crippen LogP contribution in [0.15, 0.2) is 236 Å². The van der Waals surface area contributed by atoms with Crippen LogP contribution in [0.5, 0.6) is 0 Å². The summed E-state index contributed by atoms with van der Waals surface area (Å²) in [5.74, 6) is 0. The SMILES string of the molecule is c1ccc2cc(-c3c4ccccc4c(-c4cc(-c5c6oc7ccccc7c6cc6c5oc5ccccc56)cc(-c5cc6c7ccccc7oc6c6c5oc5ccccc56)c4)c4ccccc34)ccc2c1. The first-order chi connectivity index (χ1) is 34.7. The van der Waals surface area contributed by atoms with Gasteiger partial charge in [0, 0.05) is 43.3 Å². The average molecular weight is 893 g/mol. The first kappa shape index (κ1) is 37.7. The number of rotatable bonds is 4. The standard InChI is InChI=1S/C66H36O4/c1-2-16-38-31-39(30-29-37(38)15-1)59-46-20-3-5-22-48(46)60(49-23-6-4-21-47(49)59)41-32-40(51-35-52-43-17-7-13-27-57(43)69-66(52)62-50-24-10-14-28-58(50)70-63(51)62)33-42(34-41)61-64-53(44-18-8-11-25-55(44)67-64)36-54-45-19-9-12-26-56(45)68-65(54)61/h1-36H. The molecule has 0 fully saturated rings. The Kier molecular flexibility index (Phi) is 7.58. The number of hydrogen-bond donors (Lipinski definition) is 0. The van der Waals surface area contributed by atoms with Gasteiger partial charge < -0.3 is 17.7 Å². The molecule has 324 valence electrons. The quantitative estimate of drug-likeness (QED) is 0.165. The zero-order valence-corrected chi connectivity index (χ0v) is 37.4. The number of fused-ring (bicyclic) bond motifs is 16. The molecule has 0 amide bonds. The molecular formula is C66H36O4. The minimum atomic E-state index is 0.771. The van der Waals surface area contributed by atoms with Crippen molar-refractivity contribution in [3.05, 3.63) is 218 Å². The van der Waals surface area contributed by atoms with Gasteiger partial charge in [0.05, 0.1) is 10.9 Å². The number of benzene rings is 12. The molecule has 12 aromatic carbocycles. The van der Waals surface area contributed by atoms with Crippen molar-refractivity contribution < 1.29 is 17.7 Å². The van der Waals surface area contributed by atoms with Crippen LogP contribution in [-0.4, -0.2) is 0 Å². The molecule has 0 aliphatic carbocycles. The minimum Gasteiger partial charge on any atom is -0.455 e. The highest BCUT2D eigenvalue weighted by Crippen LogP contribution is 2.51. The molecule has 4 nitrogen and oxygen atoms in total. The molecule has 0 N–H and O–H groups in total. The first-order valence-electron chi connectivity index (χ1n) is 23.8. The normalized spacial score (nSPS) is 12.3. The van der Waals surface area contributed by atoms with E-state index in [0.717, 1.165) is 132 Å². The summed E-state index contributed by atoms with van der Waals surface area (Å²) in [5.41, 5.74) is 14.9. The van der Waals surface area contributed by atoms with Crippen LogP contribution in [-0.2, 0) is 0 Å². The van der Waals surface area contributed by atoms with Gasteiger partial charge in [0.2, 0.25) is 0 Å². The molecule has 0 bridgehead atoms. The lowest BCUT2D eigenvalue weighted by molar-refractivity contribution is 0.658. The van der Waals surface area contributed by atoms with Crippen LogP contribution < -0.4 is 0 Å². The molecule has 70 heavy (non-hydrogen) atoms. The summed E-state index contributed by atoms with van der Waals surface area (Å²) in [6, 6.07) is 78.0. The number of hydrogen-bond acceptors (Lipinski definition) is 4. The third-order valence-corrected chi connectivity index (χ3v) is 14.8. The van der Waals surface area contributed by atoms with Crippen molar-refractivity contribution in [1.82, 2.24) is 0 Å². The summed E-state index contributed by atoms with van der Waals surface area (Å²) in [4.78, 5) is 0. The van der Waals surface area contributed by atoms with E-state index in [0.29, 0.717) is 0 Å². The zero-order valence-electron chi connectivity index (χ0n) is 37.4.